The highest BCUT2D eigenvalue weighted by Crippen LogP contribution is 2.31. The van der Waals surface area contributed by atoms with E-state index in [4.69, 9.17) is 9.47 Å². The SMILES string of the molecule is CNc1ncccc1COc1ccc([N+](=O)[O-])cc1OC. The number of anilines is 1. The average molecular weight is 289 g/mol. The number of methoxy groups -OCH3 is 1. The van der Waals surface area contributed by atoms with Gasteiger partial charge in [0.1, 0.15) is 12.4 Å². The largest absolute Gasteiger partial charge is 0.493 e. The van der Waals surface area contributed by atoms with Crippen LogP contribution >= 0.6 is 0 Å². The van der Waals surface area contributed by atoms with Crippen molar-refractivity contribution in [3.05, 3.63) is 52.2 Å². The van der Waals surface area contributed by atoms with Crippen molar-refractivity contribution in [2.45, 2.75) is 6.61 Å². The fourth-order valence-electron chi connectivity index (χ4n) is 1.82. The first-order valence-corrected chi connectivity index (χ1v) is 6.22. The molecule has 0 bridgehead atoms. The Labute approximate surface area is 121 Å². The summed E-state index contributed by atoms with van der Waals surface area (Å²) in [7, 11) is 3.22. The number of nitrogens with zero attached hydrogens (tertiary/aromatic N) is 2. The molecule has 0 spiro atoms. The number of benzene rings is 1. The number of hydrogen-bond donors (Lipinski definition) is 1. The zero-order chi connectivity index (χ0) is 15.2. The fourth-order valence-corrected chi connectivity index (χ4v) is 1.82. The molecule has 0 aliphatic carbocycles. The van der Waals surface area contributed by atoms with Crippen molar-refractivity contribution in [3.8, 4) is 11.5 Å². The molecule has 2 aromatic rings. The van der Waals surface area contributed by atoms with Gasteiger partial charge in [0.2, 0.25) is 0 Å². The molecule has 1 aromatic heterocycles. The lowest BCUT2D eigenvalue weighted by Gasteiger charge is -2.12. The molecule has 1 aromatic carbocycles. The molecule has 0 saturated carbocycles. The predicted octanol–water partition coefficient (Wildman–Crippen LogP) is 2.62. The monoisotopic (exact) mass is 289 g/mol. The Morgan fingerprint density at radius 3 is 2.81 bits per heavy atom. The molecule has 2 rings (SSSR count). The average Bonchev–Trinajstić information content (AvgIpc) is 2.52. The zero-order valence-electron chi connectivity index (χ0n) is 11.7. The lowest BCUT2D eigenvalue weighted by molar-refractivity contribution is -0.385. The van der Waals surface area contributed by atoms with Gasteiger partial charge in [-0.2, -0.15) is 0 Å². The third-order valence-electron chi connectivity index (χ3n) is 2.87. The number of pyridine rings is 1. The third-order valence-corrected chi connectivity index (χ3v) is 2.87. The first-order chi connectivity index (χ1) is 10.2. The van der Waals surface area contributed by atoms with Gasteiger partial charge in [-0.15, -0.1) is 0 Å². The minimum atomic E-state index is -0.480. The van der Waals surface area contributed by atoms with Gasteiger partial charge < -0.3 is 14.8 Å². The number of non-ortho nitro benzene ring substituents is 1. The summed E-state index contributed by atoms with van der Waals surface area (Å²) in [5.74, 6) is 1.48. The summed E-state index contributed by atoms with van der Waals surface area (Å²) < 4.78 is 10.8. The van der Waals surface area contributed by atoms with E-state index in [0.717, 1.165) is 11.4 Å². The molecule has 21 heavy (non-hydrogen) atoms. The van der Waals surface area contributed by atoms with Gasteiger partial charge in [0.15, 0.2) is 11.5 Å². The van der Waals surface area contributed by atoms with Crippen LogP contribution in [0.25, 0.3) is 0 Å². The summed E-state index contributed by atoms with van der Waals surface area (Å²) >= 11 is 0. The highest BCUT2D eigenvalue weighted by molar-refractivity contribution is 5.49. The zero-order valence-corrected chi connectivity index (χ0v) is 11.7. The summed E-state index contributed by atoms with van der Waals surface area (Å²) in [4.78, 5) is 14.4. The third kappa shape index (κ3) is 3.38. The molecule has 0 fully saturated rings. The maximum Gasteiger partial charge on any atom is 0.273 e. The lowest BCUT2D eigenvalue weighted by atomic mass is 10.2. The Bertz CT molecular complexity index is 646. The van der Waals surface area contributed by atoms with Crippen molar-refractivity contribution in [3.63, 3.8) is 0 Å². The van der Waals surface area contributed by atoms with E-state index in [1.807, 2.05) is 12.1 Å². The second-order valence-electron chi connectivity index (χ2n) is 4.14. The molecular weight excluding hydrogens is 274 g/mol. The van der Waals surface area contributed by atoms with Crippen LogP contribution in [0.1, 0.15) is 5.56 Å². The van der Waals surface area contributed by atoms with Crippen LogP contribution in [-0.4, -0.2) is 24.1 Å². The second kappa shape index (κ2) is 6.56. The number of nitro groups is 1. The summed E-state index contributed by atoms with van der Waals surface area (Å²) in [5.41, 5.74) is 0.830. The summed E-state index contributed by atoms with van der Waals surface area (Å²) in [6, 6.07) is 7.92. The normalized spacial score (nSPS) is 10.0. The molecule has 0 aliphatic rings. The molecule has 0 amide bonds. The van der Waals surface area contributed by atoms with E-state index in [9.17, 15) is 10.1 Å². The van der Waals surface area contributed by atoms with Crippen LogP contribution in [-0.2, 0) is 6.61 Å². The van der Waals surface area contributed by atoms with Crippen LogP contribution in [0.15, 0.2) is 36.5 Å². The number of nitrogens with one attached hydrogen (secondary N) is 1. The number of hydrogen-bond acceptors (Lipinski definition) is 6. The summed E-state index contributed by atoms with van der Waals surface area (Å²) in [6.07, 6.45) is 1.68. The maximum atomic E-state index is 10.7. The molecule has 7 nitrogen and oxygen atoms in total. The van der Waals surface area contributed by atoms with E-state index in [1.54, 1.807) is 13.2 Å². The molecule has 1 heterocycles. The quantitative estimate of drug-likeness (QED) is 0.649. The van der Waals surface area contributed by atoms with E-state index in [-0.39, 0.29) is 12.3 Å². The Balaban J connectivity index is 2.18. The first kappa shape index (κ1) is 14.6. The van der Waals surface area contributed by atoms with Crippen LogP contribution in [0.5, 0.6) is 11.5 Å². The molecule has 0 aliphatic heterocycles. The van der Waals surface area contributed by atoms with Crippen molar-refractivity contribution in [1.82, 2.24) is 4.98 Å². The fraction of sp³-hybridized carbons (Fsp3) is 0.214. The van der Waals surface area contributed by atoms with Crippen LogP contribution in [0, 0.1) is 10.1 Å². The van der Waals surface area contributed by atoms with Crippen molar-refractivity contribution >= 4 is 11.5 Å². The van der Waals surface area contributed by atoms with E-state index in [0.29, 0.717) is 11.5 Å². The molecular formula is C14H15N3O4. The van der Waals surface area contributed by atoms with Crippen LogP contribution < -0.4 is 14.8 Å². The Hall–Kier alpha value is -2.83. The van der Waals surface area contributed by atoms with Gasteiger partial charge in [0.05, 0.1) is 18.1 Å². The Morgan fingerprint density at radius 2 is 2.14 bits per heavy atom. The molecule has 0 unspecified atom stereocenters. The smallest absolute Gasteiger partial charge is 0.273 e. The van der Waals surface area contributed by atoms with Crippen molar-refractivity contribution in [2.75, 3.05) is 19.5 Å². The van der Waals surface area contributed by atoms with Crippen molar-refractivity contribution in [1.29, 1.82) is 0 Å². The van der Waals surface area contributed by atoms with E-state index >= 15 is 0 Å². The van der Waals surface area contributed by atoms with Crippen LogP contribution in [0.3, 0.4) is 0 Å². The maximum absolute atomic E-state index is 10.7. The van der Waals surface area contributed by atoms with Gasteiger partial charge in [-0.25, -0.2) is 4.98 Å². The summed E-state index contributed by atoms with van der Waals surface area (Å²) in [5, 5.41) is 13.7. The van der Waals surface area contributed by atoms with Crippen molar-refractivity contribution < 1.29 is 14.4 Å². The van der Waals surface area contributed by atoms with Gasteiger partial charge in [0, 0.05) is 24.9 Å². The first-order valence-electron chi connectivity index (χ1n) is 6.22. The van der Waals surface area contributed by atoms with E-state index < -0.39 is 4.92 Å². The second-order valence-corrected chi connectivity index (χ2v) is 4.14. The molecule has 0 atom stereocenters. The van der Waals surface area contributed by atoms with Gasteiger partial charge in [0.25, 0.3) is 5.69 Å². The number of aromatic nitrogens is 1. The van der Waals surface area contributed by atoms with Crippen molar-refractivity contribution in [2.24, 2.45) is 0 Å². The molecule has 0 radical (unpaired) electrons. The van der Waals surface area contributed by atoms with Gasteiger partial charge in [-0.3, -0.25) is 10.1 Å². The lowest BCUT2D eigenvalue weighted by Crippen LogP contribution is -2.03. The van der Waals surface area contributed by atoms with Gasteiger partial charge in [-0.05, 0) is 12.1 Å². The van der Waals surface area contributed by atoms with Gasteiger partial charge >= 0.3 is 0 Å². The van der Waals surface area contributed by atoms with Gasteiger partial charge in [-0.1, -0.05) is 6.07 Å². The Morgan fingerprint density at radius 1 is 1.33 bits per heavy atom. The van der Waals surface area contributed by atoms with E-state index in [2.05, 4.69) is 10.3 Å². The highest BCUT2D eigenvalue weighted by atomic mass is 16.6. The van der Waals surface area contributed by atoms with E-state index in [1.165, 1.54) is 25.3 Å². The number of rotatable bonds is 6. The summed E-state index contributed by atoms with van der Waals surface area (Å²) in [6.45, 7) is 0.276. The van der Waals surface area contributed by atoms with Crippen LogP contribution in [0.2, 0.25) is 0 Å². The molecule has 0 saturated heterocycles. The Kier molecular flexibility index (Phi) is 4.55. The minimum Gasteiger partial charge on any atom is -0.493 e. The molecule has 1 N–H and O–H groups in total. The topological polar surface area (TPSA) is 86.5 Å². The standard InChI is InChI=1S/C14H15N3O4/c1-15-14-10(4-3-7-16-14)9-21-12-6-5-11(17(18)19)8-13(12)20-2/h3-8H,9H2,1-2H3,(H,15,16). The molecule has 110 valence electrons. The molecule has 7 heteroatoms. The predicted molar refractivity (Wildman–Crippen MR) is 77.8 cm³/mol. The minimum absolute atomic E-state index is 0.0449. The van der Waals surface area contributed by atoms with Crippen LogP contribution in [0.4, 0.5) is 11.5 Å². The number of ether oxygens (including phenoxy) is 2. The highest BCUT2D eigenvalue weighted by Gasteiger charge is 2.13. The number of nitro benzene ring substituents is 1.